The van der Waals surface area contributed by atoms with Gasteiger partial charge in [-0.3, -0.25) is 9.59 Å². The number of benzene rings is 3. The van der Waals surface area contributed by atoms with E-state index >= 15 is 0 Å². The van der Waals surface area contributed by atoms with Crippen molar-refractivity contribution in [1.82, 2.24) is 14.9 Å². The maximum absolute atomic E-state index is 14.0. The number of carbonyl (C=O) groups excluding carboxylic acids is 1. The Morgan fingerprint density at radius 3 is 2.53 bits per heavy atom. The average molecular weight is 515 g/mol. The summed E-state index contributed by atoms with van der Waals surface area (Å²) in [6, 6.07) is 14.3. The molecule has 2 N–H and O–H groups in total. The highest BCUT2D eigenvalue weighted by Crippen LogP contribution is 2.44. The topological polar surface area (TPSA) is 70.1 Å². The van der Waals surface area contributed by atoms with E-state index in [9.17, 15) is 22.8 Å². The second-order valence-corrected chi connectivity index (χ2v) is 9.23. The van der Waals surface area contributed by atoms with E-state index < -0.39 is 17.5 Å². The van der Waals surface area contributed by atoms with Crippen LogP contribution in [0.15, 0.2) is 77.9 Å². The molecule has 1 aliphatic heterocycles. The Labute approximate surface area is 215 Å². The van der Waals surface area contributed by atoms with Crippen LogP contribution in [-0.2, 0) is 20.1 Å². The van der Waals surface area contributed by atoms with E-state index in [1.54, 1.807) is 48.1 Å². The molecule has 0 bridgehead atoms. The zero-order valence-electron chi connectivity index (χ0n) is 20.2. The number of pyridine rings is 1. The minimum absolute atomic E-state index is 0.0357. The monoisotopic (exact) mass is 514 g/mol. The molecule has 9 heteroatoms. The van der Waals surface area contributed by atoms with Gasteiger partial charge in [0, 0.05) is 65.0 Å². The molecule has 0 saturated heterocycles. The lowest BCUT2D eigenvalue weighted by molar-refractivity contribution is 0.0950. The Kier molecular flexibility index (Phi) is 5.56. The lowest BCUT2D eigenvalue weighted by Gasteiger charge is -2.26. The van der Waals surface area contributed by atoms with E-state index in [-0.39, 0.29) is 23.5 Å². The number of halogens is 3. The zero-order valence-corrected chi connectivity index (χ0v) is 20.2. The van der Waals surface area contributed by atoms with Crippen LogP contribution in [0.2, 0.25) is 0 Å². The van der Waals surface area contributed by atoms with Crippen molar-refractivity contribution < 1.29 is 18.0 Å². The largest absolute Gasteiger partial charge is 0.348 e. The summed E-state index contributed by atoms with van der Waals surface area (Å²) in [6.45, 7) is 0.211. The van der Waals surface area contributed by atoms with Gasteiger partial charge in [0.05, 0.1) is 6.54 Å². The van der Waals surface area contributed by atoms with E-state index in [4.69, 9.17) is 0 Å². The minimum atomic E-state index is -0.614. The van der Waals surface area contributed by atoms with Crippen LogP contribution in [0, 0.1) is 17.5 Å². The Balaban J connectivity index is 1.47. The van der Waals surface area contributed by atoms with Crippen molar-refractivity contribution >= 4 is 28.2 Å². The van der Waals surface area contributed by atoms with Gasteiger partial charge in [0.15, 0.2) is 0 Å². The SMILES string of the molecule is Cn1cc2c3c(c[nH]c(=O)c31)CN(c1ccc(F)cc1)c1ccc(C(=O)NCc3cc(F)ccc3F)cc1-2. The molecule has 38 heavy (non-hydrogen) atoms. The van der Waals surface area contributed by atoms with Crippen LogP contribution in [0.1, 0.15) is 21.5 Å². The van der Waals surface area contributed by atoms with E-state index in [1.807, 2.05) is 11.1 Å². The summed E-state index contributed by atoms with van der Waals surface area (Å²) < 4.78 is 43.1. The number of amides is 1. The lowest BCUT2D eigenvalue weighted by Crippen LogP contribution is -2.24. The second kappa shape index (κ2) is 8.95. The first kappa shape index (κ1) is 23.6. The maximum atomic E-state index is 14.0. The van der Waals surface area contributed by atoms with E-state index in [0.717, 1.165) is 46.1 Å². The second-order valence-electron chi connectivity index (χ2n) is 9.23. The zero-order chi connectivity index (χ0) is 26.6. The molecule has 3 aromatic carbocycles. The molecule has 2 aromatic heterocycles. The van der Waals surface area contributed by atoms with Crippen molar-refractivity contribution in [1.29, 1.82) is 0 Å². The van der Waals surface area contributed by atoms with Gasteiger partial charge in [-0.25, -0.2) is 13.2 Å². The molecule has 1 amide bonds. The van der Waals surface area contributed by atoms with Crippen LogP contribution in [0.25, 0.3) is 22.0 Å². The Morgan fingerprint density at radius 2 is 1.74 bits per heavy atom. The Morgan fingerprint density at radius 1 is 0.974 bits per heavy atom. The molecule has 0 fully saturated rings. The van der Waals surface area contributed by atoms with Crippen LogP contribution in [-0.4, -0.2) is 15.5 Å². The van der Waals surface area contributed by atoms with Crippen molar-refractivity contribution in [3.8, 4) is 11.1 Å². The van der Waals surface area contributed by atoms with Crippen LogP contribution in [0.5, 0.6) is 0 Å². The molecule has 5 aromatic rings. The lowest BCUT2D eigenvalue weighted by atomic mass is 9.99. The van der Waals surface area contributed by atoms with E-state index in [0.29, 0.717) is 23.2 Å². The Bertz CT molecular complexity index is 1790. The number of rotatable bonds is 4. The smallest absolute Gasteiger partial charge is 0.272 e. The molecule has 0 aliphatic carbocycles. The summed E-state index contributed by atoms with van der Waals surface area (Å²) in [5, 5.41) is 3.42. The normalized spacial score (nSPS) is 12.4. The van der Waals surface area contributed by atoms with Crippen molar-refractivity contribution in [2.45, 2.75) is 13.1 Å². The number of hydrogen-bond acceptors (Lipinski definition) is 3. The third-order valence-electron chi connectivity index (χ3n) is 6.85. The quantitative estimate of drug-likeness (QED) is 0.331. The molecule has 6 rings (SSSR count). The highest BCUT2D eigenvalue weighted by atomic mass is 19.1. The molecule has 190 valence electrons. The van der Waals surface area contributed by atoms with Crippen molar-refractivity contribution in [2.24, 2.45) is 7.05 Å². The standard InChI is InChI=1S/C29H21F3N4O2/c1-35-15-23-22-11-16(28(37)33-12-17-10-20(31)5-8-24(17)32)2-9-25(22)36(21-6-3-19(30)4-7-21)14-18-13-34-29(38)27(35)26(18)23/h2-11,13,15H,12,14H2,1H3,(H,33,37)(H,34,38). The molecule has 0 spiro atoms. The Hall–Kier alpha value is -4.79. The van der Waals surface area contributed by atoms with Crippen LogP contribution in [0.4, 0.5) is 24.5 Å². The number of carbonyl (C=O) groups is 1. The fourth-order valence-corrected chi connectivity index (χ4v) is 5.04. The fraction of sp³-hybridized carbons (Fsp3) is 0.103. The summed E-state index contributed by atoms with van der Waals surface area (Å²) in [7, 11) is 1.79. The molecular formula is C29H21F3N4O2. The van der Waals surface area contributed by atoms with Gasteiger partial charge in [0.1, 0.15) is 23.0 Å². The highest BCUT2D eigenvalue weighted by molar-refractivity contribution is 6.05. The molecule has 0 atom stereocenters. The van der Waals surface area contributed by atoms with E-state index in [1.165, 1.54) is 12.1 Å². The first-order chi connectivity index (χ1) is 18.3. The van der Waals surface area contributed by atoms with E-state index in [2.05, 4.69) is 10.3 Å². The number of hydrogen-bond donors (Lipinski definition) is 2. The number of aromatic nitrogens is 2. The number of H-pyrrole nitrogens is 1. The van der Waals surface area contributed by atoms with Crippen LogP contribution >= 0.6 is 0 Å². The summed E-state index contributed by atoms with van der Waals surface area (Å²) >= 11 is 0. The van der Waals surface area contributed by atoms with Gasteiger partial charge in [0.25, 0.3) is 11.5 Å². The first-order valence-electron chi connectivity index (χ1n) is 11.9. The summed E-state index contributed by atoms with van der Waals surface area (Å²) in [4.78, 5) is 30.6. The van der Waals surface area contributed by atoms with Gasteiger partial charge >= 0.3 is 0 Å². The third-order valence-corrected chi connectivity index (χ3v) is 6.85. The molecule has 6 nitrogen and oxygen atoms in total. The number of aryl methyl sites for hydroxylation is 1. The number of anilines is 2. The van der Waals surface area contributed by atoms with Crippen molar-refractivity contribution in [2.75, 3.05) is 4.90 Å². The molecule has 0 saturated carbocycles. The average Bonchev–Trinajstić information content (AvgIpc) is 3.20. The molecular weight excluding hydrogens is 493 g/mol. The summed E-state index contributed by atoms with van der Waals surface area (Å²) in [5.41, 5.74) is 4.45. The predicted octanol–water partition coefficient (Wildman–Crippen LogP) is 5.53. The maximum Gasteiger partial charge on any atom is 0.272 e. The minimum Gasteiger partial charge on any atom is -0.348 e. The van der Waals surface area contributed by atoms with Gasteiger partial charge < -0.3 is 19.8 Å². The molecule has 3 heterocycles. The van der Waals surface area contributed by atoms with Crippen LogP contribution in [0.3, 0.4) is 0 Å². The van der Waals surface area contributed by atoms with Gasteiger partial charge in [-0.15, -0.1) is 0 Å². The predicted molar refractivity (Wildman–Crippen MR) is 139 cm³/mol. The highest BCUT2D eigenvalue weighted by Gasteiger charge is 2.26. The van der Waals surface area contributed by atoms with Crippen LogP contribution < -0.4 is 15.8 Å². The van der Waals surface area contributed by atoms with Gasteiger partial charge in [-0.05, 0) is 66.2 Å². The molecule has 0 unspecified atom stereocenters. The number of nitrogens with one attached hydrogen (secondary N) is 2. The number of fused-ring (bicyclic) bond motifs is 2. The van der Waals surface area contributed by atoms with Crippen molar-refractivity contribution in [3.63, 3.8) is 0 Å². The molecule has 1 aliphatic rings. The summed E-state index contributed by atoms with van der Waals surface area (Å²) in [5.74, 6) is -2.03. The van der Waals surface area contributed by atoms with Gasteiger partial charge in [-0.1, -0.05) is 0 Å². The first-order valence-corrected chi connectivity index (χ1v) is 11.9. The fourth-order valence-electron chi connectivity index (χ4n) is 5.04. The number of nitrogens with zero attached hydrogens (tertiary/aromatic N) is 2. The number of aromatic amines is 1. The van der Waals surface area contributed by atoms with Crippen molar-refractivity contribution in [3.05, 3.63) is 118 Å². The summed E-state index contributed by atoms with van der Waals surface area (Å²) in [6.07, 6.45) is 3.53. The third kappa shape index (κ3) is 3.92. The van der Waals surface area contributed by atoms with Gasteiger partial charge in [-0.2, -0.15) is 0 Å². The van der Waals surface area contributed by atoms with Gasteiger partial charge in [0.2, 0.25) is 0 Å². The molecule has 0 radical (unpaired) electrons.